The fourth-order valence-electron chi connectivity index (χ4n) is 4.56. The van der Waals surface area contributed by atoms with Gasteiger partial charge in [0.05, 0.1) is 18.0 Å². The summed E-state index contributed by atoms with van der Waals surface area (Å²) in [5, 5.41) is 6.15. The summed E-state index contributed by atoms with van der Waals surface area (Å²) in [6.45, 7) is 0.375. The zero-order chi connectivity index (χ0) is 29.8. The van der Waals surface area contributed by atoms with Crippen molar-refractivity contribution in [2.75, 3.05) is 17.7 Å². The van der Waals surface area contributed by atoms with Gasteiger partial charge in [-0.2, -0.15) is 0 Å². The molecule has 1 heterocycles. The first kappa shape index (κ1) is 27.6. The highest BCUT2D eigenvalue weighted by atomic mass is 19.1. The molecule has 2 amide bonds. The van der Waals surface area contributed by atoms with E-state index in [2.05, 4.69) is 20.6 Å². The van der Waals surface area contributed by atoms with Gasteiger partial charge < -0.3 is 24.8 Å². The molecule has 2 N–H and O–H groups in total. The fourth-order valence-corrected chi connectivity index (χ4v) is 4.56. The zero-order valence-electron chi connectivity index (χ0n) is 23.2. The minimum Gasteiger partial charge on any atom is -0.493 e. The van der Waals surface area contributed by atoms with Crippen LogP contribution in [0.15, 0.2) is 97.3 Å². The van der Waals surface area contributed by atoms with Gasteiger partial charge in [-0.25, -0.2) is 14.4 Å². The Bertz CT molecular complexity index is 1780. The Hall–Kier alpha value is -5.51. The van der Waals surface area contributed by atoms with Gasteiger partial charge in [0.25, 0.3) is 0 Å². The van der Waals surface area contributed by atoms with Gasteiger partial charge >= 0.3 is 0 Å². The third-order valence-corrected chi connectivity index (χ3v) is 7.17. The van der Waals surface area contributed by atoms with E-state index in [1.165, 1.54) is 30.6 Å². The number of nitrogens with zero attached hydrogens (tertiary/aromatic N) is 2. The molecule has 216 valence electrons. The lowest BCUT2D eigenvalue weighted by molar-refractivity contribution is -0.131. The Kier molecular flexibility index (Phi) is 7.57. The van der Waals surface area contributed by atoms with Gasteiger partial charge in [-0.15, -0.1) is 0 Å². The lowest BCUT2D eigenvalue weighted by Crippen LogP contribution is -2.35. The Balaban J connectivity index is 1.12. The number of hydrogen-bond acceptors (Lipinski definition) is 7. The minimum absolute atomic E-state index is 0.323. The molecule has 1 aliphatic rings. The van der Waals surface area contributed by atoms with Crippen LogP contribution in [-0.2, 0) is 16.2 Å². The maximum absolute atomic E-state index is 13.2. The molecule has 0 radical (unpaired) electrons. The van der Waals surface area contributed by atoms with Gasteiger partial charge in [-0.3, -0.25) is 9.59 Å². The van der Waals surface area contributed by atoms with Crippen LogP contribution in [0.25, 0.3) is 10.9 Å². The molecule has 6 rings (SSSR count). The Labute approximate surface area is 246 Å². The number of fused-ring (bicyclic) bond motifs is 1. The van der Waals surface area contributed by atoms with Crippen molar-refractivity contribution < 1.29 is 28.2 Å². The van der Waals surface area contributed by atoms with Crippen LogP contribution in [0.4, 0.5) is 15.8 Å². The summed E-state index contributed by atoms with van der Waals surface area (Å²) in [6, 6.07) is 25.5. The Morgan fingerprint density at radius 2 is 1.49 bits per heavy atom. The second kappa shape index (κ2) is 11.8. The summed E-state index contributed by atoms with van der Waals surface area (Å²) in [5.41, 5.74) is 1.42. The number of ether oxygens (including phenoxy) is 3. The van der Waals surface area contributed by atoms with Gasteiger partial charge in [-0.05, 0) is 73.0 Å². The molecule has 4 aromatic carbocycles. The first-order chi connectivity index (χ1) is 20.9. The van der Waals surface area contributed by atoms with Crippen LogP contribution in [0.5, 0.6) is 23.1 Å². The molecule has 10 heteroatoms. The second-order valence-corrected chi connectivity index (χ2v) is 10.1. The molecule has 1 saturated carbocycles. The molecule has 1 fully saturated rings. The smallest absolute Gasteiger partial charge is 0.240 e. The van der Waals surface area contributed by atoms with Gasteiger partial charge in [-0.1, -0.05) is 30.3 Å². The number of methoxy groups -OCH3 is 1. The van der Waals surface area contributed by atoms with E-state index in [9.17, 15) is 14.0 Å². The van der Waals surface area contributed by atoms with Crippen LogP contribution in [0, 0.1) is 11.2 Å². The van der Waals surface area contributed by atoms with Crippen molar-refractivity contribution >= 4 is 34.1 Å². The lowest BCUT2D eigenvalue weighted by Gasteiger charge is -2.16. The summed E-state index contributed by atoms with van der Waals surface area (Å²) in [6.07, 6.45) is 2.26. The average Bonchev–Trinajstić information content (AvgIpc) is 3.85. The third-order valence-electron chi connectivity index (χ3n) is 7.17. The molecular weight excluding hydrogens is 551 g/mol. The number of amides is 2. The van der Waals surface area contributed by atoms with E-state index in [-0.39, 0.29) is 0 Å². The molecule has 0 saturated heterocycles. The van der Waals surface area contributed by atoms with Crippen LogP contribution in [0.1, 0.15) is 18.4 Å². The minimum atomic E-state index is -1.16. The zero-order valence-corrected chi connectivity index (χ0v) is 23.2. The number of halogens is 1. The second-order valence-electron chi connectivity index (χ2n) is 10.1. The highest BCUT2D eigenvalue weighted by Crippen LogP contribution is 2.47. The van der Waals surface area contributed by atoms with Crippen molar-refractivity contribution in [3.63, 3.8) is 0 Å². The van der Waals surface area contributed by atoms with Gasteiger partial charge in [0.15, 0.2) is 11.5 Å². The SMILES string of the molecule is COc1cc2c(Oc3ccc(NC(=O)C4(C(=O)Nc5ccc(F)cc5)CC4)cc3)ncnc2cc1OCc1ccccc1. The van der Waals surface area contributed by atoms with Crippen LogP contribution >= 0.6 is 0 Å². The van der Waals surface area contributed by atoms with Crippen molar-refractivity contribution in [2.24, 2.45) is 5.41 Å². The van der Waals surface area contributed by atoms with Crippen molar-refractivity contribution in [1.29, 1.82) is 0 Å². The summed E-state index contributed by atoms with van der Waals surface area (Å²) in [7, 11) is 1.56. The van der Waals surface area contributed by atoms with Crippen LogP contribution in [0.2, 0.25) is 0 Å². The van der Waals surface area contributed by atoms with E-state index in [1.54, 1.807) is 43.5 Å². The van der Waals surface area contributed by atoms with E-state index >= 15 is 0 Å². The first-order valence-electron chi connectivity index (χ1n) is 13.6. The molecule has 43 heavy (non-hydrogen) atoms. The van der Waals surface area contributed by atoms with Gasteiger partial charge in [0.1, 0.15) is 29.9 Å². The summed E-state index contributed by atoms with van der Waals surface area (Å²) in [5.74, 6) is 0.633. The van der Waals surface area contributed by atoms with E-state index in [1.807, 2.05) is 30.3 Å². The molecule has 0 atom stereocenters. The van der Waals surface area contributed by atoms with Crippen molar-refractivity contribution in [2.45, 2.75) is 19.4 Å². The first-order valence-corrected chi connectivity index (χ1v) is 13.6. The Morgan fingerprint density at radius 3 is 2.12 bits per heavy atom. The average molecular weight is 579 g/mol. The molecular formula is C33H27FN4O5. The lowest BCUT2D eigenvalue weighted by atomic mass is 10.0. The van der Waals surface area contributed by atoms with E-state index in [0.29, 0.717) is 64.9 Å². The molecule has 1 aliphatic carbocycles. The van der Waals surface area contributed by atoms with Crippen LogP contribution in [0.3, 0.4) is 0 Å². The highest BCUT2D eigenvalue weighted by Gasteiger charge is 2.56. The molecule has 0 bridgehead atoms. The van der Waals surface area contributed by atoms with Gasteiger partial charge in [0, 0.05) is 17.4 Å². The summed E-state index contributed by atoms with van der Waals surface area (Å²) < 4.78 is 30.8. The number of rotatable bonds is 10. The number of carbonyl (C=O) groups excluding carboxylic acids is 2. The molecule has 9 nitrogen and oxygen atoms in total. The number of aromatic nitrogens is 2. The quantitative estimate of drug-likeness (QED) is 0.182. The molecule has 5 aromatic rings. The largest absolute Gasteiger partial charge is 0.493 e. The van der Waals surface area contributed by atoms with Crippen molar-refractivity contribution in [3.8, 4) is 23.1 Å². The maximum atomic E-state index is 13.2. The van der Waals surface area contributed by atoms with E-state index in [4.69, 9.17) is 14.2 Å². The van der Waals surface area contributed by atoms with Crippen LogP contribution in [-0.4, -0.2) is 28.9 Å². The molecule has 0 aliphatic heterocycles. The van der Waals surface area contributed by atoms with E-state index in [0.717, 1.165) is 5.56 Å². The number of anilines is 2. The third kappa shape index (κ3) is 6.08. The van der Waals surface area contributed by atoms with Crippen molar-refractivity contribution in [3.05, 3.63) is 109 Å². The normalized spacial score (nSPS) is 13.2. The molecule has 1 aromatic heterocycles. The summed E-state index contributed by atoms with van der Waals surface area (Å²) in [4.78, 5) is 34.5. The fraction of sp³-hybridized carbons (Fsp3) is 0.152. The topological polar surface area (TPSA) is 112 Å². The summed E-state index contributed by atoms with van der Waals surface area (Å²) >= 11 is 0. The highest BCUT2D eigenvalue weighted by molar-refractivity contribution is 6.16. The number of nitrogens with one attached hydrogen (secondary N) is 2. The van der Waals surface area contributed by atoms with Crippen molar-refractivity contribution in [1.82, 2.24) is 9.97 Å². The molecule has 0 spiro atoms. The monoisotopic (exact) mass is 578 g/mol. The number of carbonyl (C=O) groups is 2. The molecule has 0 unspecified atom stereocenters. The van der Waals surface area contributed by atoms with Gasteiger partial charge in [0.2, 0.25) is 17.7 Å². The number of benzene rings is 4. The van der Waals surface area contributed by atoms with Crippen LogP contribution < -0.4 is 24.8 Å². The standard InChI is InChI=1S/C33H27FN4O5/c1-41-28-17-26-27(18-29(28)42-19-21-5-3-2-4-6-21)35-20-36-30(26)43-25-13-11-24(12-14-25)38-32(40)33(15-16-33)31(39)37-23-9-7-22(34)8-10-23/h2-14,17-18,20H,15-16,19H2,1H3,(H,37,39)(H,38,40). The number of hydrogen-bond donors (Lipinski definition) is 2. The maximum Gasteiger partial charge on any atom is 0.240 e. The Morgan fingerprint density at radius 1 is 0.837 bits per heavy atom. The van der Waals surface area contributed by atoms with E-state index < -0.39 is 23.0 Å². The predicted octanol–water partition coefficient (Wildman–Crippen LogP) is 6.51. The predicted molar refractivity (Wildman–Crippen MR) is 159 cm³/mol.